The van der Waals surface area contributed by atoms with Gasteiger partial charge in [0.05, 0.1) is 17.8 Å². The second-order valence-corrected chi connectivity index (χ2v) is 8.06. The number of nitrogens with zero attached hydrogens (tertiary/aromatic N) is 3. The molecule has 2 aromatic heterocycles. The summed E-state index contributed by atoms with van der Waals surface area (Å²) in [7, 11) is 0. The van der Waals surface area contributed by atoms with Crippen LogP contribution in [0.4, 0.5) is 0 Å². The summed E-state index contributed by atoms with van der Waals surface area (Å²) in [4.78, 5) is 7.00. The largest absolute Gasteiger partial charge is 0.352 e. The molecule has 0 unspecified atom stereocenters. The van der Waals surface area contributed by atoms with E-state index in [1.54, 1.807) is 0 Å². The Bertz CT molecular complexity index is 981. The SMILES string of the molecule is CCCCN1C(=S)N[C@H](c2ccccn2)[C@@H]1c1cc(C)n(-c2ccccc2)c1C. The average Bonchev–Trinajstić information content (AvgIpc) is 3.23. The van der Waals surface area contributed by atoms with Gasteiger partial charge in [0.2, 0.25) is 0 Å². The molecule has 1 saturated heterocycles. The van der Waals surface area contributed by atoms with Gasteiger partial charge in [0.15, 0.2) is 5.11 Å². The Kier molecular flexibility index (Phi) is 5.67. The number of pyridine rings is 1. The zero-order chi connectivity index (χ0) is 20.4. The van der Waals surface area contributed by atoms with E-state index in [1.807, 2.05) is 18.3 Å². The first kappa shape index (κ1) is 19.6. The van der Waals surface area contributed by atoms with E-state index in [9.17, 15) is 0 Å². The molecule has 2 atom stereocenters. The van der Waals surface area contributed by atoms with Crippen LogP contribution in [0, 0.1) is 13.8 Å². The van der Waals surface area contributed by atoms with Crippen molar-refractivity contribution in [2.24, 2.45) is 0 Å². The molecule has 1 aromatic carbocycles. The van der Waals surface area contributed by atoms with Crippen molar-refractivity contribution in [3.63, 3.8) is 0 Å². The maximum atomic E-state index is 5.76. The molecule has 1 aliphatic heterocycles. The van der Waals surface area contributed by atoms with E-state index in [-0.39, 0.29) is 12.1 Å². The van der Waals surface area contributed by atoms with E-state index in [0.29, 0.717) is 0 Å². The molecule has 150 valence electrons. The number of hydrogen-bond acceptors (Lipinski definition) is 2. The van der Waals surface area contributed by atoms with Gasteiger partial charge in [-0.1, -0.05) is 37.6 Å². The van der Waals surface area contributed by atoms with Crippen molar-refractivity contribution in [1.29, 1.82) is 0 Å². The summed E-state index contributed by atoms with van der Waals surface area (Å²) in [6.45, 7) is 7.56. The normalized spacial score (nSPS) is 18.9. The van der Waals surface area contributed by atoms with Gasteiger partial charge < -0.3 is 14.8 Å². The maximum Gasteiger partial charge on any atom is 0.170 e. The third kappa shape index (κ3) is 3.67. The monoisotopic (exact) mass is 404 g/mol. The fourth-order valence-electron chi connectivity index (χ4n) is 4.37. The Balaban J connectivity index is 1.81. The fraction of sp³-hybridized carbons (Fsp3) is 0.333. The minimum absolute atomic E-state index is 0.0466. The number of benzene rings is 1. The third-order valence-corrected chi connectivity index (χ3v) is 6.11. The van der Waals surface area contributed by atoms with E-state index in [2.05, 4.69) is 83.0 Å². The summed E-state index contributed by atoms with van der Waals surface area (Å²) in [5.41, 5.74) is 6.02. The van der Waals surface area contributed by atoms with Gasteiger partial charge in [0.1, 0.15) is 0 Å². The summed E-state index contributed by atoms with van der Waals surface area (Å²) in [5, 5.41) is 4.38. The highest BCUT2D eigenvalue weighted by Gasteiger charge is 2.41. The average molecular weight is 405 g/mol. The lowest BCUT2D eigenvalue weighted by Gasteiger charge is -2.28. The lowest BCUT2D eigenvalue weighted by molar-refractivity contribution is 0.312. The Morgan fingerprint density at radius 1 is 1.07 bits per heavy atom. The highest BCUT2D eigenvalue weighted by molar-refractivity contribution is 7.80. The molecular weight excluding hydrogens is 376 g/mol. The van der Waals surface area contributed by atoms with Gasteiger partial charge in [0, 0.05) is 29.8 Å². The molecule has 0 bridgehead atoms. The highest BCUT2D eigenvalue weighted by atomic mass is 32.1. The number of unbranched alkanes of at least 4 members (excludes halogenated alkanes) is 1. The van der Waals surface area contributed by atoms with Crippen molar-refractivity contribution in [3.8, 4) is 5.69 Å². The van der Waals surface area contributed by atoms with Crippen LogP contribution in [0.1, 0.15) is 54.5 Å². The van der Waals surface area contributed by atoms with Gasteiger partial charge in [-0.05, 0) is 68.4 Å². The molecule has 5 heteroatoms. The highest BCUT2D eigenvalue weighted by Crippen LogP contribution is 2.41. The first-order valence-corrected chi connectivity index (χ1v) is 10.7. The number of aromatic nitrogens is 2. The molecule has 0 saturated carbocycles. The van der Waals surface area contributed by atoms with Crippen LogP contribution in [0.3, 0.4) is 0 Å². The number of thiocarbonyl (C=S) groups is 1. The topological polar surface area (TPSA) is 33.1 Å². The minimum atomic E-state index is 0.0466. The van der Waals surface area contributed by atoms with Crippen LogP contribution in [0.2, 0.25) is 0 Å². The molecular formula is C24H28N4S. The number of hydrogen-bond donors (Lipinski definition) is 1. The van der Waals surface area contributed by atoms with Gasteiger partial charge >= 0.3 is 0 Å². The predicted molar refractivity (Wildman–Crippen MR) is 122 cm³/mol. The Morgan fingerprint density at radius 2 is 1.83 bits per heavy atom. The molecule has 0 spiro atoms. The van der Waals surface area contributed by atoms with Crippen LogP contribution in [-0.4, -0.2) is 26.1 Å². The Morgan fingerprint density at radius 3 is 2.52 bits per heavy atom. The van der Waals surface area contributed by atoms with E-state index >= 15 is 0 Å². The van der Waals surface area contributed by atoms with Gasteiger partial charge in [-0.15, -0.1) is 0 Å². The second kappa shape index (κ2) is 8.37. The standard InChI is InChI=1S/C24H28N4S/c1-4-5-15-27-23(22(26-24(27)29)21-13-9-10-14-25-21)20-16-17(2)28(18(20)3)19-11-7-6-8-12-19/h6-14,16,22-23H,4-5,15H2,1-3H3,(H,26,29)/t22-,23+/m1/s1. The van der Waals surface area contributed by atoms with Crippen LogP contribution < -0.4 is 5.32 Å². The van der Waals surface area contributed by atoms with Crippen molar-refractivity contribution in [2.45, 2.75) is 45.7 Å². The zero-order valence-electron chi connectivity index (χ0n) is 17.3. The summed E-state index contributed by atoms with van der Waals surface area (Å²) in [5.74, 6) is 0. The van der Waals surface area contributed by atoms with Crippen molar-refractivity contribution >= 4 is 17.3 Å². The van der Waals surface area contributed by atoms with Crippen molar-refractivity contribution in [2.75, 3.05) is 6.54 Å². The number of aryl methyl sites for hydroxylation is 1. The summed E-state index contributed by atoms with van der Waals surface area (Å²) < 4.78 is 2.34. The maximum absolute atomic E-state index is 5.76. The van der Waals surface area contributed by atoms with E-state index < -0.39 is 0 Å². The second-order valence-electron chi connectivity index (χ2n) is 7.67. The van der Waals surface area contributed by atoms with Crippen LogP contribution >= 0.6 is 12.2 Å². The fourth-order valence-corrected chi connectivity index (χ4v) is 4.71. The molecule has 29 heavy (non-hydrogen) atoms. The Labute approximate surface area is 178 Å². The van der Waals surface area contributed by atoms with Gasteiger partial charge in [-0.25, -0.2) is 0 Å². The first-order chi connectivity index (χ1) is 14.1. The first-order valence-electron chi connectivity index (χ1n) is 10.3. The molecule has 3 heterocycles. The molecule has 1 fully saturated rings. The molecule has 4 rings (SSSR count). The molecule has 4 nitrogen and oxygen atoms in total. The van der Waals surface area contributed by atoms with Gasteiger partial charge in [-0.2, -0.15) is 0 Å². The third-order valence-electron chi connectivity index (χ3n) is 5.75. The summed E-state index contributed by atoms with van der Waals surface area (Å²) in [6, 6.07) is 19.1. The number of rotatable bonds is 6. The van der Waals surface area contributed by atoms with Crippen molar-refractivity contribution < 1.29 is 0 Å². The molecule has 0 aliphatic carbocycles. The quantitative estimate of drug-likeness (QED) is 0.568. The predicted octanol–water partition coefficient (Wildman–Crippen LogP) is 5.26. The van der Waals surface area contributed by atoms with Gasteiger partial charge in [-0.3, -0.25) is 4.98 Å². The number of para-hydroxylation sites is 1. The summed E-state index contributed by atoms with van der Waals surface area (Å²) in [6.07, 6.45) is 4.12. The lowest BCUT2D eigenvalue weighted by Crippen LogP contribution is -2.30. The van der Waals surface area contributed by atoms with Crippen LogP contribution in [0.15, 0.2) is 60.8 Å². The van der Waals surface area contributed by atoms with E-state index in [4.69, 9.17) is 12.2 Å². The minimum Gasteiger partial charge on any atom is -0.352 e. The summed E-state index contributed by atoms with van der Waals surface area (Å²) >= 11 is 5.76. The van der Waals surface area contributed by atoms with Crippen LogP contribution in [0.25, 0.3) is 5.69 Å². The number of nitrogens with one attached hydrogen (secondary N) is 1. The molecule has 1 N–H and O–H groups in total. The zero-order valence-corrected chi connectivity index (χ0v) is 18.1. The van der Waals surface area contributed by atoms with Crippen LogP contribution in [-0.2, 0) is 0 Å². The molecule has 0 radical (unpaired) electrons. The van der Waals surface area contributed by atoms with Gasteiger partial charge in [0.25, 0.3) is 0 Å². The van der Waals surface area contributed by atoms with Crippen LogP contribution in [0.5, 0.6) is 0 Å². The van der Waals surface area contributed by atoms with E-state index in [1.165, 1.54) is 22.6 Å². The molecule has 3 aromatic rings. The molecule has 1 aliphatic rings. The van der Waals surface area contributed by atoms with Crippen molar-refractivity contribution in [1.82, 2.24) is 19.8 Å². The smallest absolute Gasteiger partial charge is 0.170 e. The van der Waals surface area contributed by atoms with Crippen molar-refractivity contribution in [3.05, 3.63) is 83.4 Å². The Hall–Kier alpha value is -2.66. The van der Waals surface area contributed by atoms with E-state index in [0.717, 1.165) is 30.2 Å². The molecule has 0 amide bonds. The lowest BCUT2D eigenvalue weighted by atomic mass is 9.96.